The zero-order chi connectivity index (χ0) is 20.7. The predicted molar refractivity (Wildman–Crippen MR) is 118 cm³/mol. The van der Waals surface area contributed by atoms with Crippen LogP contribution in [0, 0.1) is 17.3 Å². The van der Waals surface area contributed by atoms with Crippen LogP contribution in [0.1, 0.15) is 72.9 Å². The first-order valence-corrected chi connectivity index (χ1v) is 11.5. The lowest BCUT2D eigenvalue weighted by atomic mass is 9.49. The summed E-state index contributed by atoms with van der Waals surface area (Å²) in [6, 6.07) is 16.0. The fourth-order valence-electron chi connectivity index (χ4n) is 6.85. The zero-order valence-corrected chi connectivity index (χ0v) is 18.1. The Kier molecular flexibility index (Phi) is 5.08. The SMILES string of the molecule is COc1cccc2c1CC[C@@H]1[C@@H]2CC[C@@H]2C[C@H](OC(=O)c3ccccc3)CC[C@]21C. The van der Waals surface area contributed by atoms with Gasteiger partial charge in [0.2, 0.25) is 0 Å². The van der Waals surface area contributed by atoms with Crippen LogP contribution in [0.25, 0.3) is 0 Å². The van der Waals surface area contributed by atoms with Crippen LogP contribution in [0.2, 0.25) is 0 Å². The molecule has 0 aliphatic heterocycles. The van der Waals surface area contributed by atoms with Gasteiger partial charge in [-0.1, -0.05) is 37.3 Å². The van der Waals surface area contributed by atoms with Gasteiger partial charge >= 0.3 is 5.97 Å². The Morgan fingerprint density at radius 1 is 1.00 bits per heavy atom. The third kappa shape index (κ3) is 3.23. The van der Waals surface area contributed by atoms with Gasteiger partial charge in [-0.25, -0.2) is 4.79 Å². The maximum absolute atomic E-state index is 12.5. The lowest BCUT2D eigenvalue weighted by Gasteiger charge is -2.56. The van der Waals surface area contributed by atoms with Gasteiger partial charge in [-0.3, -0.25) is 0 Å². The Bertz CT molecular complexity index is 921. The molecule has 3 aliphatic rings. The Hall–Kier alpha value is -2.29. The van der Waals surface area contributed by atoms with E-state index in [0.717, 1.165) is 37.4 Å². The van der Waals surface area contributed by atoms with E-state index in [-0.39, 0.29) is 12.1 Å². The van der Waals surface area contributed by atoms with E-state index in [1.54, 1.807) is 7.11 Å². The van der Waals surface area contributed by atoms with Crippen molar-refractivity contribution in [1.82, 2.24) is 0 Å². The van der Waals surface area contributed by atoms with Crippen molar-refractivity contribution in [1.29, 1.82) is 0 Å². The van der Waals surface area contributed by atoms with Crippen molar-refractivity contribution in [3.05, 3.63) is 65.2 Å². The smallest absolute Gasteiger partial charge is 0.338 e. The molecule has 2 fully saturated rings. The highest BCUT2D eigenvalue weighted by atomic mass is 16.5. The number of fused-ring (bicyclic) bond motifs is 5. The lowest BCUT2D eigenvalue weighted by Crippen LogP contribution is -2.49. The molecule has 2 saturated carbocycles. The molecule has 2 aromatic carbocycles. The predicted octanol–water partition coefficient (Wildman–Crippen LogP) is 6.17. The quantitative estimate of drug-likeness (QED) is 0.574. The molecule has 3 heteroatoms. The van der Waals surface area contributed by atoms with Crippen molar-refractivity contribution in [2.24, 2.45) is 17.3 Å². The molecule has 5 atom stereocenters. The Balaban J connectivity index is 1.32. The molecule has 0 saturated heterocycles. The zero-order valence-electron chi connectivity index (χ0n) is 18.1. The van der Waals surface area contributed by atoms with Gasteiger partial charge < -0.3 is 9.47 Å². The van der Waals surface area contributed by atoms with Crippen LogP contribution >= 0.6 is 0 Å². The summed E-state index contributed by atoms with van der Waals surface area (Å²) >= 11 is 0. The summed E-state index contributed by atoms with van der Waals surface area (Å²) in [6.45, 7) is 2.52. The number of methoxy groups -OCH3 is 1. The first-order chi connectivity index (χ1) is 14.6. The van der Waals surface area contributed by atoms with Gasteiger partial charge in [0.25, 0.3) is 0 Å². The van der Waals surface area contributed by atoms with Crippen LogP contribution in [0.5, 0.6) is 5.75 Å². The van der Waals surface area contributed by atoms with Gasteiger partial charge in [0.15, 0.2) is 0 Å². The second kappa shape index (κ2) is 7.76. The van der Waals surface area contributed by atoms with Gasteiger partial charge in [0, 0.05) is 0 Å². The minimum atomic E-state index is -0.170. The summed E-state index contributed by atoms with van der Waals surface area (Å²) in [6.07, 6.45) is 8.06. The Labute approximate surface area is 179 Å². The van der Waals surface area contributed by atoms with Gasteiger partial charge in [-0.05, 0) is 97.4 Å². The number of carbonyl (C=O) groups excluding carboxylic acids is 1. The summed E-state index contributed by atoms with van der Waals surface area (Å²) in [5.74, 6) is 2.91. The fraction of sp³-hybridized carbons (Fsp3) is 0.519. The van der Waals surface area contributed by atoms with Crippen molar-refractivity contribution in [2.45, 2.75) is 63.9 Å². The number of hydrogen-bond donors (Lipinski definition) is 0. The summed E-state index contributed by atoms with van der Waals surface area (Å²) in [5.41, 5.74) is 3.98. The molecule has 0 heterocycles. The third-order valence-electron chi connectivity index (χ3n) is 8.42. The topological polar surface area (TPSA) is 35.5 Å². The second-order valence-electron chi connectivity index (χ2n) is 9.73. The number of hydrogen-bond acceptors (Lipinski definition) is 3. The normalized spacial score (nSPS) is 32.3. The van der Waals surface area contributed by atoms with Crippen molar-refractivity contribution < 1.29 is 14.3 Å². The standard InChI is InChI=1S/C27H32O3/c1-27-16-15-20(30-26(28)18-7-4-3-5-8-18)17-19(27)11-12-22-21-9-6-10-25(29-2)23(21)13-14-24(22)27/h3-10,19-20,22,24H,11-17H2,1-2H3/t19-,20-,22-,24-,27-/m1/s1. The number of benzene rings is 2. The number of esters is 1. The highest BCUT2D eigenvalue weighted by Crippen LogP contribution is 2.61. The van der Waals surface area contributed by atoms with Crippen molar-refractivity contribution in [2.75, 3.05) is 7.11 Å². The Morgan fingerprint density at radius 2 is 1.83 bits per heavy atom. The largest absolute Gasteiger partial charge is 0.496 e. The van der Waals surface area contributed by atoms with Gasteiger partial charge in [-0.15, -0.1) is 0 Å². The lowest BCUT2D eigenvalue weighted by molar-refractivity contribution is -0.0682. The van der Waals surface area contributed by atoms with Gasteiger partial charge in [0.1, 0.15) is 11.9 Å². The molecule has 158 valence electrons. The molecule has 0 spiro atoms. The van der Waals surface area contributed by atoms with E-state index in [0.29, 0.717) is 22.8 Å². The van der Waals surface area contributed by atoms with Crippen LogP contribution in [0.3, 0.4) is 0 Å². The van der Waals surface area contributed by atoms with Gasteiger partial charge in [-0.2, -0.15) is 0 Å². The number of ether oxygens (including phenoxy) is 2. The van der Waals surface area contributed by atoms with E-state index >= 15 is 0 Å². The van der Waals surface area contributed by atoms with Crippen LogP contribution in [0.4, 0.5) is 0 Å². The minimum absolute atomic E-state index is 0.0586. The maximum Gasteiger partial charge on any atom is 0.338 e. The van der Waals surface area contributed by atoms with Crippen molar-refractivity contribution in [3.8, 4) is 5.75 Å². The van der Waals surface area contributed by atoms with Crippen LogP contribution in [0.15, 0.2) is 48.5 Å². The second-order valence-corrected chi connectivity index (χ2v) is 9.73. The average Bonchev–Trinajstić information content (AvgIpc) is 2.79. The van der Waals surface area contributed by atoms with E-state index in [1.807, 2.05) is 30.3 Å². The molecule has 0 aromatic heterocycles. The molecule has 2 aromatic rings. The molecule has 0 N–H and O–H groups in total. The van der Waals surface area contributed by atoms with E-state index < -0.39 is 0 Å². The number of carbonyl (C=O) groups is 1. The van der Waals surface area contributed by atoms with E-state index in [9.17, 15) is 4.79 Å². The molecule has 0 radical (unpaired) electrons. The summed E-state index contributed by atoms with van der Waals surface area (Å²) in [7, 11) is 1.79. The molecule has 5 rings (SSSR count). The fourth-order valence-corrected chi connectivity index (χ4v) is 6.85. The maximum atomic E-state index is 12.5. The van der Waals surface area contributed by atoms with Crippen LogP contribution < -0.4 is 4.74 Å². The average molecular weight is 405 g/mol. The molecular weight excluding hydrogens is 372 g/mol. The molecule has 30 heavy (non-hydrogen) atoms. The van der Waals surface area contributed by atoms with Crippen molar-refractivity contribution >= 4 is 5.97 Å². The molecule has 0 bridgehead atoms. The molecule has 0 unspecified atom stereocenters. The third-order valence-corrected chi connectivity index (χ3v) is 8.42. The summed E-state index contributed by atoms with van der Waals surface area (Å²) in [4.78, 5) is 12.5. The molecule has 3 nitrogen and oxygen atoms in total. The highest BCUT2D eigenvalue weighted by molar-refractivity contribution is 5.89. The highest BCUT2D eigenvalue weighted by Gasteiger charge is 2.52. The molecular formula is C27H32O3. The van der Waals surface area contributed by atoms with Crippen LogP contribution in [-0.2, 0) is 11.2 Å². The summed E-state index contributed by atoms with van der Waals surface area (Å²) < 4.78 is 11.6. The molecule has 0 amide bonds. The van der Waals surface area contributed by atoms with Gasteiger partial charge in [0.05, 0.1) is 12.7 Å². The summed E-state index contributed by atoms with van der Waals surface area (Å²) in [5, 5.41) is 0. The first kappa shape index (κ1) is 19.7. The first-order valence-electron chi connectivity index (χ1n) is 11.5. The monoisotopic (exact) mass is 404 g/mol. The number of rotatable bonds is 3. The van der Waals surface area contributed by atoms with E-state index in [1.165, 1.54) is 30.4 Å². The minimum Gasteiger partial charge on any atom is -0.496 e. The van der Waals surface area contributed by atoms with E-state index in [2.05, 4.69) is 25.1 Å². The van der Waals surface area contributed by atoms with E-state index in [4.69, 9.17) is 9.47 Å². The van der Waals surface area contributed by atoms with Crippen molar-refractivity contribution in [3.63, 3.8) is 0 Å². The molecule has 3 aliphatic carbocycles. The Morgan fingerprint density at radius 3 is 2.63 bits per heavy atom. The van der Waals surface area contributed by atoms with Crippen LogP contribution in [-0.4, -0.2) is 19.2 Å².